The molecule has 2 aromatic carbocycles. The molecule has 3 rings (SSSR count). The van der Waals surface area contributed by atoms with Gasteiger partial charge in [0.15, 0.2) is 11.5 Å². The monoisotopic (exact) mass is 438 g/mol. The summed E-state index contributed by atoms with van der Waals surface area (Å²) < 4.78 is 10.9. The van der Waals surface area contributed by atoms with E-state index in [9.17, 15) is 9.59 Å². The molecule has 6 nitrogen and oxygen atoms in total. The van der Waals surface area contributed by atoms with E-state index in [2.05, 4.69) is 19.2 Å². The van der Waals surface area contributed by atoms with Crippen LogP contribution in [0.25, 0.3) is 0 Å². The maximum Gasteiger partial charge on any atom is 0.227 e. The average Bonchev–Trinajstić information content (AvgIpc) is 2.78. The first-order valence-corrected chi connectivity index (χ1v) is 11.2. The van der Waals surface area contributed by atoms with Gasteiger partial charge < -0.3 is 19.7 Å². The molecule has 0 unspecified atom stereocenters. The average molecular weight is 439 g/mol. The summed E-state index contributed by atoms with van der Waals surface area (Å²) in [5.74, 6) is 1.33. The van der Waals surface area contributed by atoms with Crippen molar-refractivity contribution in [2.75, 3.05) is 25.7 Å². The van der Waals surface area contributed by atoms with Crippen molar-refractivity contribution in [2.24, 2.45) is 11.8 Å². The Kier molecular flexibility index (Phi) is 7.78. The van der Waals surface area contributed by atoms with Crippen molar-refractivity contribution in [1.29, 1.82) is 0 Å². The highest BCUT2D eigenvalue weighted by Crippen LogP contribution is 2.42. The maximum absolute atomic E-state index is 13.3. The van der Waals surface area contributed by atoms with Crippen LogP contribution in [0.15, 0.2) is 42.5 Å². The van der Waals surface area contributed by atoms with E-state index in [1.54, 1.807) is 19.1 Å². The van der Waals surface area contributed by atoms with E-state index in [0.29, 0.717) is 36.8 Å². The Labute approximate surface area is 190 Å². The summed E-state index contributed by atoms with van der Waals surface area (Å²) in [7, 11) is 3.17. The largest absolute Gasteiger partial charge is 0.493 e. The van der Waals surface area contributed by atoms with Gasteiger partial charge in [0.2, 0.25) is 11.8 Å². The summed E-state index contributed by atoms with van der Waals surface area (Å²) in [5, 5.41) is 3.10. The van der Waals surface area contributed by atoms with Crippen LogP contribution in [0.4, 0.5) is 5.69 Å². The number of carbonyl (C=O) groups is 2. The van der Waals surface area contributed by atoms with Gasteiger partial charge in [-0.2, -0.15) is 0 Å². The number of methoxy groups -OCH3 is 2. The minimum atomic E-state index is -0.433. The number of benzene rings is 2. The highest BCUT2D eigenvalue weighted by molar-refractivity contribution is 5.97. The van der Waals surface area contributed by atoms with Crippen molar-refractivity contribution in [2.45, 2.75) is 46.1 Å². The molecule has 0 saturated carbocycles. The second kappa shape index (κ2) is 10.5. The van der Waals surface area contributed by atoms with Crippen LogP contribution in [0.5, 0.6) is 11.5 Å². The third kappa shape index (κ3) is 5.23. The molecule has 1 saturated heterocycles. The number of nitrogens with zero attached hydrogens (tertiary/aromatic N) is 1. The van der Waals surface area contributed by atoms with Crippen LogP contribution in [0.2, 0.25) is 0 Å². The smallest absolute Gasteiger partial charge is 0.227 e. The quantitative estimate of drug-likeness (QED) is 0.651. The standard InChI is InChI=1S/C26H34N2O4/c1-17(2)14-15-27-26(30)21-11-13-24(29)28(20-9-6-18(3)7-10-20)25(21)19-8-12-22(31-4)23(16-19)32-5/h6-10,12,16-17,21,25H,11,13-15H2,1-5H3,(H,27,30)/t21-,25+/m0/s1. The molecule has 1 heterocycles. The van der Waals surface area contributed by atoms with Gasteiger partial charge >= 0.3 is 0 Å². The van der Waals surface area contributed by atoms with Gasteiger partial charge in [0.05, 0.1) is 26.2 Å². The van der Waals surface area contributed by atoms with Gasteiger partial charge in [-0.25, -0.2) is 0 Å². The fourth-order valence-electron chi connectivity index (χ4n) is 4.21. The maximum atomic E-state index is 13.3. The molecule has 1 fully saturated rings. The fourth-order valence-corrected chi connectivity index (χ4v) is 4.21. The SMILES string of the molecule is COc1ccc([C@@H]2[C@@H](C(=O)NCCC(C)C)CCC(=O)N2c2ccc(C)cc2)cc1OC. The number of nitrogens with one attached hydrogen (secondary N) is 1. The van der Waals surface area contributed by atoms with Crippen LogP contribution < -0.4 is 19.7 Å². The molecule has 0 aromatic heterocycles. The molecule has 2 amide bonds. The second-order valence-corrected chi connectivity index (χ2v) is 8.78. The molecule has 1 aliphatic heterocycles. The summed E-state index contributed by atoms with van der Waals surface area (Å²) in [4.78, 5) is 28.2. The van der Waals surface area contributed by atoms with E-state index in [4.69, 9.17) is 9.47 Å². The van der Waals surface area contributed by atoms with E-state index in [0.717, 1.165) is 23.2 Å². The number of piperidine rings is 1. The van der Waals surface area contributed by atoms with E-state index in [1.807, 2.05) is 49.4 Å². The highest BCUT2D eigenvalue weighted by Gasteiger charge is 2.41. The summed E-state index contributed by atoms with van der Waals surface area (Å²) in [6.07, 6.45) is 1.76. The molecular formula is C26H34N2O4. The van der Waals surface area contributed by atoms with E-state index in [1.165, 1.54) is 0 Å². The van der Waals surface area contributed by atoms with Gasteiger partial charge in [-0.15, -0.1) is 0 Å². The predicted octanol–water partition coefficient (Wildman–Crippen LogP) is 4.66. The van der Waals surface area contributed by atoms with Crippen molar-refractivity contribution in [3.05, 3.63) is 53.6 Å². The van der Waals surface area contributed by atoms with Gasteiger partial charge in [0.25, 0.3) is 0 Å². The summed E-state index contributed by atoms with van der Waals surface area (Å²) >= 11 is 0. The summed E-state index contributed by atoms with van der Waals surface area (Å²) in [5.41, 5.74) is 2.75. The molecule has 0 spiro atoms. The van der Waals surface area contributed by atoms with Crippen LogP contribution in [-0.2, 0) is 9.59 Å². The summed E-state index contributed by atoms with van der Waals surface area (Å²) in [6, 6.07) is 13.0. The molecule has 1 aliphatic rings. The van der Waals surface area contributed by atoms with Crippen LogP contribution in [0.1, 0.15) is 50.3 Å². The Morgan fingerprint density at radius 3 is 2.41 bits per heavy atom. The number of hydrogen-bond acceptors (Lipinski definition) is 4. The zero-order valence-electron chi connectivity index (χ0n) is 19.7. The molecule has 172 valence electrons. The first kappa shape index (κ1) is 23.6. The second-order valence-electron chi connectivity index (χ2n) is 8.78. The summed E-state index contributed by atoms with van der Waals surface area (Å²) in [6.45, 7) is 6.91. The molecule has 2 atom stereocenters. The number of anilines is 1. The number of rotatable bonds is 8. The molecule has 0 aliphatic carbocycles. The van der Waals surface area contributed by atoms with Crippen molar-refractivity contribution < 1.29 is 19.1 Å². The molecule has 1 N–H and O–H groups in total. The lowest BCUT2D eigenvalue weighted by atomic mass is 9.83. The number of amides is 2. The molecular weight excluding hydrogens is 404 g/mol. The Bertz CT molecular complexity index is 939. The topological polar surface area (TPSA) is 67.9 Å². The van der Waals surface area contributed by atoms with Crippen molar-refractivity contribution in [3.63, 3.8) is 0 Å². The van der Waals surface area contributed by atoms with Crippen LogP contribution in [-0.4, -0.2) is 32.6 Å². The van der Waals surface area contributed by atoms with Gasteiger partial charge in [-0.1, -0.05) is 37.6 Å². The first-order chi connectivity index (χ1) is 15.3. The molecule has 6 heteroatoms. The van der Waals surface area contributed by atoms with E-state index >= 15 is 0 Å². The number of ether oxygens (including phenoxy) is 2. The van der Waals surface area contributed by atoms with Gasteiger partial charge in [0.1, 0.15) is 0 Å². The van der Waals surface area contributed by atoms with Crippen LogP contribution >= 0.6 is 0 Å². The third-order valence-electron chi connectivity index (χ3n) is 6.02. The minimum Gasteiger partial charge on any atom is -0.493 e. The van der Waals surface area contributed by atoms with E-state index in [-0.39, 0.29) is 17.7 Å². The van der Waals surface area contributed by atoms with Crippen LogP contribution in [0.3, 0.4) is 0 Å². The lowest BCUT2D eigenvalue weighted by Crippen LogP contribution is -2.48. The molecule has 2 aromatic rings. The van der Waals surface area contributed by atoms with Crippen molar-refractivity contribution in [3.8, 4) is 11.5 Å². The zero-order valence-corrected chi connectivity index (χ0v) is 19.7. The predicted molar refractivity (Wildman–Crippen MR) is 126 cm³/mol. The first-order valence-electron chi connectivity index (χ1n) is 11.2. The van der Waals surface area contributed by atoms with Crippen molar-refractivity contribution in [1.82, 2.24) is 5.32 Å². The Balaban J connectivity index is 2.03. The lowest BCUT2D eigenvalue weighted by Gasteiger charge is -2.41. The Morgan fingerprint density at radius 1 is 1.09 bits per heavy atom. The fraction of sp³-hybridized carbons (Fsp3) is 0.462. The molecule has 0 bridgehead atoms. The molecule has 0 radical (unpaired) electrons. The minimum absolute atomic E-state index is 0.0138. The van der Waals surface area contributed by atoms with Gasteiger partial charge in [-0.3, -0.25) is 9.59 Å². The number of hydrogen-bond donors (Lipinski definition) is 1. The normalized spacial score (nSPS) is 18.6. The van der Waals surface area contributed by atoms with E-state index < -0.39 is 6.04 Å². The zero-order chi connectivity index (χ0) is 23.3. The lowest BCUT2D eigenvalue weighted by molar-refractivity contribution is -0.129. The van der Waals surface area contributed by atoms with Gasteiger partial charge in [-0.05, 0) is 55.5 Å². The Morgan fingerprint density at radius 2 is 1.78 bits per heavy atom. The number of carbonyl (C=O) groups excluding carboxylic acids is 2. The van der Waals surface area contributed by atoms with Crippen molar-refractivity contribution >= 4 is 17.5 Å². The molecule has 32 heavy (non-hydrogen) atoms. The van der Waals surface area contributed by atoms with Gasteiger partial charge in [0, 0.05) is 18.7 Å². The number of aryl methyl sites for hydroxylation is 1. The third-order valence-corrected chi connectivity index (χ3v) is 6.02. The Hall–Kier alpha value is -3.02. The highest BCUT2D eigenvalue weighted by atomic mass is 16.5. The van der Waals surface area contributed by atoms with Crippen LogP contribution in [0, 0.1) is 18.8 Å².